The topological polar surface area (TPSA) is 29.5 Å². The van der Waals surface area contributed by atoms with Crippen molar-refractivity contribution in [3.05, 3.63) is 25.8 Å². The highest BCUT2D eigenvalue weighted by atomic mass is 16.6. The average molecular weight is 306 g/mol. The molecule has 0 unspecified atom stereocenters. The van der Waals surface area contributed by atoms with E-state index < -0.39 is 5.79 Å². The molecule has 126 valence electrons. The lowest BCUT2D eigenvalue weighted by molar-refractivity contribution is -0.210. The molecule has 0 spiro atoms. The molecule has 1 rings (SSSR count). The van der Waals surface area contributed by atoms with Crippen LogP contribution in [0.25, 0.3) is 0 Å². The van der Waals surface area contributed by atoms with Crippen LogP contribution in [-0.2, 0) is 4.74 Å². The van der Waals surface area contributed by atoms with Gasteiger partial charge in [-0.2, -0.15) is 0 Å². The number of hydrogen-bond donors (Lipinski definition) is 1. The van der Waals surface area contributed by atoms with Gasteiger partial charge in [0, 0.05) is 12.8 Å². The van der Waals surface area contributed by atoms with Crippen LogP contribution in [0.4, 0.5) is 0 Å². The number of ether oxygens (including phenoxy) is 1. The van der Waals surface area contributed by atoms with E-state index in [1.54, 1.807) is 13.8 Å². The normalized spacial score (nSPS) is 16.7. The first kappa shape index (κ1) is 21.0. The van der Waals surface area contributed by atoms with Gasteiger partial charge in [-0.25, -0.2) is 0 Å². The number of rotatable bonds is 7. The zero-order chi connectivity index (χ0) is 16.8. The Bertz CT molecular complexity index is 337. The molecule has 0 amide bonds. The summed E-state index contributed by atoms with van der Waals surface area (Å²) in [6.45, 7) is 13.1. The van der Waals surface area contributed by atoms with Gasteiger partial charge in [0.25, 0.3) is 0 Å². The van der Waals surface area contributed by atoms with Crippen molar-refractivity contribution < 1.29 is 9.84 Å². The van der Waals surface area contributed by atoms with Gasteiger partial charge in [0.1, 0.15) is 0 Å². The molecule has 0 saturated heterocycles. The van der Waals surface area contributed by atoms with E-state index >= 15 is 0 Å². The molecule has 0 heterocycles. The average Bonchev–Trinajstić information content (AvgIpc) is 2.48. The Morgan fingerprint density at radius 3 is 2.41 bits per heavy atom. The van der Waals surface area contributed by atoms with Gasteiger partial charge in [-0.1, -0.05) is 44.1 Å². The highest BCUT2D eigenvalue weighted by Gasteiger charge is 2.24. The van der Waals surface area contributed by atoms with Crippen LogP contribution < -0.4 is 0 Å². The highest BCUT2D eigenvalue weighted by molar-refractivity contribution is 5.03. The molecule has 2 heteroatoms. The summed E-state index contributed by atoms with van der Waals surface area (Å²) >= 11 is 0. The predicted octanol–water partition coefficient (Wildman–Crippen LogP) is 5.23. The van der Waals surface area contributed by atoms with Crippen LogP contribution in [0, 0.1) is 17.8 Å². The van der Waals surface area contributed by atoms with Crippen LogP contribution in [0.3, 0.4) is 0 Å². The molecule has 1 atom stereocenters. The fourth-order valence-corrected chi connectivity index (χ4v) is 2.89. The second kappa shape index (κ2) is 12.5. The minimum absolute atomic E-state index is 0.121. The fraction of sp³-hybridized carbons (Fsp3) is 0.700. The van der Waals surface area contributed by atoms with Gasteiger partial charge < -0.3 is 9.84 Å². The summed E-state index contributed by atoms with van der Waals surface area (Å²) in [7, 11) is 0. The third-order valence-electron chi connectivity index (χ3n) is 3.74. The van der Waals surface area contributed by atoms with E-state index in [1.165, 1.54) is 32.1 Å². The lowest BCUT2D eigenvalue weighted by Gasteiger charge is -2.30. The van der Waals surface area contributed by atoms with E-state index in [9.17, 15) is 5.11 Å². The van der Waals surface area contributed by atoms with Gasteiger partial charge in [-0.05, 0) is 32.6 Å². The highest BCUT2D eigenvalue weighted by Crippen LogP contribution is 2.30. The Balaban J connectivity index is 0.00000211. The van der Waals surface area contributed by atoms with Crippen molar-refractivity contribution in [2.75, 3.05) is 0 Å². The van der Waals surface area contributed by atoms with Crippen LogP contribution in [0.2, 0.25) is 0 Å². The second-order valence-corrected chi connectivity index (χ2v) is 6.31. The molecule has 22 heavy (non-hydrogen) atoms. The number of allylic oxidation sites excluding steroid dienone is 1. The van der Waals surface area contributed by atoms with Crippen LogP contribution >= 0.6 is 0 Å². The summed E-state index contributed by atoms with van der Waals surface area (Å²) in [5.41, 5.74) is 0. The summed E-state index contributed by atoms with van der Waals surface area (Å²) in [4.78, 5) is 0. The van der Waals surface area contributed by atoms with Gasteiger partial charge in [-0.15, -0.1) is 25.7 Å². The maximum atomic E-state index is 9.89. The first-order chi connectivity index (χ1) is 10.5. The Morgan fingerprint density at radius 2 is 1.86 bits per heavy atom. The summed E-state index contributed by atoms with van der Waals surface area (Å²) in [6.07, 6.45) is 12.2. The first-order valence-electron chi connectivity index (χ1n) is 8.48. The van der Waals surface area contributed by atoms with E-state index in [4.69, 9.17) is 4.74 Å². The molecule has 1 N–H and O–H groups in total. The van der Waals surface area contributed by atoms with Gasteiger partial charge in [0.15, 0.2) is 5.79 Å². The van der Waals surface area contributed by atoms with Crippen molar-refractivity contribution in [3.63, 3.8) is 0 Å². The Kier molecular flexibility index (Phi) is 11.9. The largest absolute Gasteiger partial charge is 0.366 e. The third kappa shape index (κ3) is 11.6. The minimum atomic E-state index is -1.05. The minimum Gasteiger partial charge on any atom is -0.366 e. The van der Waals surface area contributed by atoms with Gasteiger partial charge in [0.05, 0.1) is 6.10 Å². The standard InChI is InChI=1S/C18H30O2.C2H4/c1-4-5-6-7-11-14-17(20-18(2,3)19)15-16-12-9-8-10-13-16;1-2/h4,16-17,19H,1,5,8-15H2,2-3H3;1-2H2/t17-;/m0./s1. The summed E-state index contributed by atoms with van der Waals surface area (Å²) in [5, 5.41) is 9.89. The lowest BCUT2D eigenvalue weighted by Crippen LogP contribution is -2.31. The van der Waals surface area contributed by atoms with E-state index in [0.29, 0.717) is 0 Å². The molecular formula is C20H34O2. The Morgan fingerprint density at radius 1 is 1.23 bits per heavy atom. The summed E-state index contributed by atoms with van der Waals surface area (Å²) in [5.74, 6) is 5.94. The van der Waals surface area contributed by atoms with E-state index in [-0.39, 0.29) is 6.10 Å². The van der Waals surface area contributed by atoms with Crippen molar-refractivity contribution in [2.24, 2.45) is 5.92 Å². The zero-order valence-corrected chi connectivity index (χ0v) is 14.6. The molecule has 1 aliphatic carbocycles. The molecule has 0 aliphatic heterocycles. The molecule has 1 fully saturated rings. The maximum absolute atomic E-state index is 9.89. The Hall–Kier alpha value is -1.04. The molecule has 0 aromatic rings. The van der Waals surface area contributed by atoms with Crippen molar-refractivity contribution >= 4 is 0 Å². The molecule has 0 aromatic heterocycles. The van der Waals surface area contributed by atoms with Gasteiger partial charge in [-0.3, -0.25) is 0 Å². The quantitative estimate of drug-likeness (QED) is 0.396. The van der Waals surface area contributed by atoms with Crippen molar-refractivity contribution in [2.45, 2.75) is 83.5 Å². The van der Waals surface area contributed by atoms with Gasteiger partial charge in [0.2, 0.25) is 0 Å². The van der Waals surface area contributed by atoms with Crippen LogP contribution in [-0.4, -0.2) is 17.0 Å². The molecule has 0 aromatic carbocycles. The SMILES string of the molecule is C=C.C=CCC#CCC[C@@H](CC1CCCCC1)OC(C)(C)O. The monoisotopic (exact) mass is 306 g/mol. The lowest BCUT2D eigenvalue weighted by atomic mass is 9.84. The molecule has 1 saturated carbocycles. The predicted molar refractivity (Wildman–Crippen MR) is 95.4 cm³/mol. The smallest absolute Gasteiger partial charge is 0.160 e. The third-order valence-corrected chi connectivity index (χ3v) is 3.74. The van der Waals surface area contributed by atoms with Crippen LogP contribution in [0.15, 0.2) is 25.8 Å². The fourth-order valence-electron chi connectivity index (χ4n) is 2.89. The first-order valence-corrected chi connectivity index (χ1v) is 8.48. The van der Waals surface area contributed by atoms with Crippen molar-refractivity contribution in [1.82, 2.24) is 0 Å². The van der Waals surface area contributed by atoms with Gasteiger partial charge >= 0.3 is 0 Å². The molecule has 0 radical (unpaired) electrons. The molecule has 2 nitrogen and oxygen atoms in total. The molecule has 1 aliphatic rings. The van der Waals surface area contributed by atoms with E-state index in [0.717, 1.165) is 31.6 Å². The van der Waals surface area contributed by atoms with Crippen molar-refractivity contribution in [3.8, 4) is 11.8 Å². The molecular weight excluding hydrogens is 272 g/mol. The van der Waals surface area contributed by atoms with Crippen LogP contribution in [0.1, 0.15) is 71.6 Å². The summed E-state index contributed by atoms with van der Waals surface area (Å²) in [6, 6.07) is 0. The second-order valence-electron chi connectivity index (χ2n) is 6.31. The van der Waals surface area contributed by atoms with E-state index in [1.807, 2.05) is 6.08 Å². The van der Waals surface area contributed by atoms with Crippen molar-refractivity contribution in [1.29, 1.82) is 0 Å². The molecule has 0 bridgehead atoms. The zero-order valence-electron chi connectivity index (χ0n) is 14.6. The Labute approximate surface area is 137 Å². The number of aliphatic hydroxyl groups is 1. The number of hydrogen-bond acceptors (Lipinski definition) is 2. The summed E-state index contributed by atoms with van der Waals surface area (Å²) < 4.78 is 5.81. The van der Waals surface area contributed by atoms with E-state index in [2.05, 4.69) is 31.6 Å². The van der Waals surface area contributed by atoms with Crippen LogP contribution in [0.5, 0.6) is 0 Å². The maximum Gasteiger partial charge on any atom is 0.160 e.